The van der Waals surface area contributed by atoms with Crippen molar-refractivity contribution >= 4 is 54.8 Å². The fourth-order valence-corrected chi connectivity index (χ4v) is 2.89. The molecule has 0 atom stereocenters. The molecule has 0 aliphatic rings. The Labute approximate surface area is 143 Å². The molecule has 2 aromatic carbocycles. The fourth-order valence-electron chi connectivity index (χ4n) is 1.84. The van der Waals surface area contributed by atoms with Crippen LogP contribution in [0.4, 0.5) is 11.4 Å². The number of nitrogens with one attached hydrogen (secondary N) is 1. The van der Waals surface area contributed by atoms with E-state index in [1.165, 1.54) is 6.07 Å². The normalized spacial score (nSPS) is 10.5. The van der Waals surface area contributed by atoms with Gasteiger partial charge in [-0.25, -0.2) is 0 Å². The number of aryl methyl sites for hydroxylation is 1. The van der Waals surface area contributed by atoms with Gasteiger partial charge in [0.05, 0.1) is 15.6 Å². The molecule has 7 heteroatoms. The summed E-state index contributed by atoms with van der Waals surface area (Å²) in [5.41, 5.74) is 2.36. The van der Waals surface area contributed by atoms with Gasteiger partial charge in [-0.15, -0.1) is 0 Å². The summed E-state index contributed by atoms with van der Waals surface area (Å²) in [6.07, 6.45) is 0. The fraction of sp³-hybridized carbons (Fsp3) is 0.143. The van der Waals surface area contributed by atoms with Crippen LogP contribution in [0, 0.1) is 17.0 Å². The van der Waals surface area contributed by atoms with E-state index in [4.69, 9.17) is 11.6 Å². The van der Waals surface area contributed by atoms with E-state index in [0.717, 1.165) is 14.5 Å². The van der Waals surface area contributed by atoms with Gasteiger partial charge in [-0.1, -0.05) is 17.7 Å². The number of rotatable bonds is 4. The van der Waals surface area contributed by atoms with Gasteiger partial charge < -0.3 is 5.32 Å². The van der Waals surface area contributed by atoms with Crippen molar-refractivity contribution in [2.45, 2.75) is 13.5 Å². The van der Waals surface area contributed by atoms with E-state index in [9.17, 15) is 10.1 Å². The lowest BCUT2D eigenvalue weighted by molar-refractivity contribution is -0.385. The molecule has 21 heavy (non-hydrogen) atoms. The predicted octanol–water partition coefficient (Wildman–Crippen LogP) is 5.69. The molecule has 0 heterocycles. The van der Waals surface area contributed by atoms with Crippen LogP contribution in [0.15, 0.2) is 39.3 Å². The molecular weight excluding hydrogens is 423 g/mol. The third-order valence-corrected chi connectivity index (χ3v) is 4.84. The van der Waals surface area contributed by atoms with Crippen LogP contribution in [0.3, 0.4) is 0 Å². The number of nitrogens with zero attached hydrogens (tertiary/aromatic N) is 1. The first kappa shape index (κ1) is 16.3. The summed E-state index contributed by atoms with van der Waals surface area (Å²) < 4.78 is 1.62. The number of nitro groups is 1. The maximum atomic E-state index is 11.0. The van der Waals surface area contributed by atoms with Crippen LogP contribution < -0.4 is 5.32 Å². The summed E-state index contributed by atoms with van der Waals surface area (Å²) in [6, 6.07) is 8.90. The lowest BCUT2D eigenvalue weighted by Crippen LogP contribution is -2.02. The molecule has 0 aliphatic carbocycles. The molecular formula is C14H11Br2ClN2O2. The Morgan fingerprint density at radius 2 is 1.95 bits per heavy atom. The van der Waals surface area contributed by atoms with E-state index in [1.807, 2.05) is 18.2 Å². The minimum absolute atomic E-state index is 0.0922. The van der Waals surface area contributed by atoms with Crippen LogP contribution >= 0.6 is 43.5 Å². The molecule has 2 rings (SSSR count). The average molecular weight is 435 g/mol. The molecule has 110 valence electrons. The standard InChI is InChI=1S/C14H11Br2ClN2O2/c1-8-4-11(16)13(6-14(8)19(20)21)18-7-9-2-3-10(15)12(17)5-9/h2-6,18H,7H2,1H3. The highest BCUT2D eigenvalue weighted by Gasteiger charge is 2.14. The topological polar surface area (TPSA) is 55.2 Å². The van der Waals surface area contributed by atoms with Gasteiger partial charge in [-0.3, -0.25) is 10.1 Å². The van der Waals surface area contributed by atoms with Crippen molar-refractivity contribution in [3.05, 3.63) is 65.5 Å². The van der Waals surface area contributed by atoms with Crippen molar-refractivity contribution in [3.8, 4) is 0 Å². The van der Waals surface area contributed by atoms with E-state index in [-0.39, 0.29) is 10.6 Å². The van der Waals surface area contributed by atoms with Gasteiger partial charge in [0, 0.05) is 27.1 Å². The molecule has 0 amide bonds. The molecule has 1 N–H and O–H groups in total. The van der Waals surface area contributed by atoms with Gasteiger partial charge in [0.15, 0.2) is 0 Å². The first-order valence-corrected chi connectivity index (χ1v) is 7.97. The molecule has 0 aromatic heterocycles. The Balaban J connectivity index is 2.21. The monoisotopic (exact) mass is 432 g/mol. The highest BCUT2D eigenvalue weighted by molar-refractivity contribution is 9.11. The molecule has 0 bridgehead atoms. The Morgan fingerprint density at radius 3 is 2.57 bits per heavy atom. The molecule has 4 nitrogen and oxygen atoms in total. The Hall–Kier alpha value is -1.11. The molecule has 2 aromatic rings. The summed E-state index contributed by atoms with van der Waals surface area (Å²) in [6.45, 7) is 2.23. The Morgan fingerprint density at radius 1 is 1.24 bits per heavy atom. The second-order valence-electron chi connectivity index (χ2n) is 4.48. The van der Waals surface area contributed by atoms with Gasteiger partial charge in [0.2, 0.25) is 0 Å². The predicted molar refractivity (Wildman–Crippen MR) is 92.0 cm³/mol. The van der Waals surface area contributed by atoms with Crippen molar-refractivity contribution in [2.24, 2.45) is 0 Å². The maximum Gasteiger partial charge on any atom is 0.274 e. The van der Waals surface area contributed by atoms with Crippen LogP contribution in [0.5, 0.6) is 0 Å². The lowest BCUT2D eigenvalue weighted by Gasteiger charge is -2.10. The highest BCUT2D eigenvalue weighted by Crippen LogP contribution is 2.31. The van der Waals surface area contributed by atoms with Gasteiger partial charge in [-0.05, 0) is 62.5 Å². The summed E-state index contributed by atoms with van der Waals surface area (Å²) >= 11 is 12.8. The summed E-state index contributed by atoms with van der Waals surface area (Å²) in [4.78, 5) is 10.6. The number of nitro benzene ring substituents is 1. The third kappa shape index (κ3) is 3.96. The minimum atomic E-state index is -0.385. The Bertz CT molecular complexity index is 708. The molecule has 0 radical (unpaired) electrons. The zero-order valence-electron chi connectivity index (χ0n) is 11.0. The second kappa shape index (κ2) is 6.77. The summed E-state index contributed by atoms with van der Waals surface area (Å²) in [5, 5.41) is 14.8. The van der Waals surface area contributed by atoms with Crippen molar-refractivity contribution in [3.63, 3.8) is 0 Å². The van der Waals surface area contributed by atoms with Gasteiger partial charge in [-0.2, -0.15) is 0 Å². The van der Waals surface area contributed by atoms with Crippen molar-refractivity contribution in [2.75, 3.05) is 5.32 Å². The van der Waals surface area contributed by atoms with E-state index < -0.39 is 0 Å². The number of hydrogen-bond acceptors (Lipinski definition) is 3. The molecule has 0 aliphatic heterocycles. The molecule has 0 saturated carbocycles. The van der Waals surface area contributed by atoms with Gasteiger partial charge >= 0.3 is 0 Å². The van der Waals surface area contributed by atoms with Gasteiger partial charge in [0.1, 0.15) is 0 Å². The average Bonchev–Trinajstić information content (AvgIpc) is 2.41. The number of benzene rings is 2. The number of halogens is 3. The largest absolute Gasteiger partial charge is 0.380 e. The first-order chi connectivity index (χ1) is 9.88. The number of anilines is 1. The number of hydrogen-bond donors (Lipinski definition) is 1. The van der Waals surface area contributed by atoms with Crippen molar-refractivity contribution in [1.29, 1.82) is 0 Å². The quantitative estimate of drug-likeness (QED) is 0.497. The first-order valence-electron chi connectivity index (χ1n) is 6.01. The van der Waals surface area contributed by atoms with Crippen LogP contribution in [-0.2, 0) is 6.54 Å². The Kier molecular flexibility index (Phi) is 5.24. The van der Waals surface area contributed by atoms with E-state index in [1.54, 1.807) is 13.0 Å². The lowest BCUT2D eigenvalue weighted by atomic mass is 10.1. The van der Waals surface area contributed by atoms with Crippen LogP contribution in [0.1, 0.15) is 11.1 Å². The van der Waals surface area contributed by atoms with E-state index in [2.05, 4.69) is 37.2 Å². The molecule has 0 fully saturated rings. The molecule has 0 unspecified atom stereocenters. The SMILES string of the molecule is Cc1cc(Br)c(NCc2ccc(Br)c(Cl)c2)cc1[N+](=O)[O-]. The van der Waals surface area contributed by atoms with Crippen LogP contribution in [0.2, 0.25) is 5.02 Å². The smallest absolute Gasteiger partial charge is 0.274 e. The van der Waals surface area contributed by atoms with E-state index >= 15 is 0 Å². The van der Waals surface area contributed by atoms with Crippen molar-refractivity contribution < 1.29 is 4.92 Å². The zero-order valence-corrected chi connectivity index (χ0v) is 14.9. The van der Waals surface area contributed by atoms with Crippen LogP contribution in [0.25, 0.3) is 0 Å². The summed E-state index contributed by atoms with van der Waals surface area (Å²) in [7, 11) is 0. The third-order valence-electron chi connectivity index (χ3n) is 2.95. The molecule has 0 spiro atoms. The molecule has 0 saturated heterocycles. The zero-order chi connectivity index (χ0) is 15.6. The van der Waals surface area contributed by atoms with Crippen LogP contribution in [-0.4, -0.2) is 4.92 Å². The van der Waals surface area contributed by atoms with Crippen molar-refractivity contribution in [1.82, 2.24) is 0 Å². The second-order valence-corrected chi connectivity index (χ2v) is 6.59. The minimum Gasteiger partial charge on any atom is -0.380 e. The van der Waals surface area contributed by atoms with E-state index in [0.29, 0.717) is 22.8 Å². The maximum absolute atomic E-state index is 11.0. The summed E-state index contributed by atoms with van der Waals surface area (Å²) in [5.74, 6) is 0. The van der Waals surface area contributed by atoms with Gasteiger partial charge in [0.25, 0.3) is 5.69 Å². The highest BCUT2D eigenvalue weighted by atomic mass is 79.9.